The zero-order valence-electron chi connectivity index (χ0n) is 7.46. The fraction of sp³-hybridized carbons (Fsp3) is 0.300. The maximum Gasteiger partial charge on any atom is 0.142 e. The summed E-state index contributed by atoms with van der Waals surface area (Å²) >= 11 is 3.42. The van der Waals surface area contributed by atoms with Gasteiger partial charge in [-0.2, -0.15) is 5.26 Å². The predicted octanol–water partition coefficient (Wildman–Crippen LogP) is 2.10. The highest BCUT2D eigenvalue weighted by atomic mass is 79.9. The molecule has 1 aromatic rings. The summed E-state index contributed by atoms with van der Waals surface area (Å²) in [6.45, 7) is 0.583. The van der Waals surface area contributed by atoms with E-state index in [-0.39, 0.29) is 6.04 Å². The van der Waals surface area contributed by atoms with Crippen molar-refractivity contribution in [2.45, 2.75) is 12.5 Å². The number of benzene rings is 1. The van der Waals surface area contributed by atoms with Crippen LogP contribution in [0.1, 0.15) is 23.6 Å². The van der Waals surface area contributed by atoms with Crippen LogP contribution in [0.4, 0.5) is 0 Å². The van der Waals surface area contributed by atoms with Crippen molar-refractivity contribution in [2.75, 3.05) is 6.61 Å². The quantitative estimate of drug-likeness (QED) is 0.770. The van der Waals surface area contributed by atoms with Crippen LogP contribution in [0.3, 0.4) is 0 Å². The summed E-state index contributed by atoms with van der Waals surface area (Å²) < 4.78 is 6.38. The van der Waals surface area contributed by atoms with Crippen molar-refractivity contribution in [1.82, 2.24) is 0 Å². The summed E-state index contributed by atoms with van der Waals surface area (Å²) in [7, 11) is 0. The average Bonchev–Trinajstić information content (AvgIpc) is 2.18. The Labute approximate surface area is 90.6 Å². The van der Waals surface area contributed by atoms with Gasteiger partial charge in [0.2, 0.25) is 0 Å². The van der Waals surface area contributed by atoms with Crippen molar-refractivity contribution in [3.8, 4) is 11.8 Å². The van der Waals surface area contributed by atoms with Crippen LogP contribution in [0.5, 0.6) is 5.75 Å². The lowest BCUT2D eigenvalue weighted by atomic mass is 9.99. The minimum absolute atomic E-state index is 0.0403. The molecule has 1 aliphatic heterocycles. The van der Waals surface area contributed by atoms with Gasteiger partial charge < -0.3 is 10.5 Å². The topological polar surface area (TPSA) is 59.0 Å². The van der Waals surface area contributed by atoms with Gasteiger partial charge in [-0.15, -0.1) is 0 Å². The van der Waals surface area contributed by atoms with E-state index in [1.165, 1.54) is 0 Å². The van der Waals surface area contributed by atoms with Gasteiger partial charge in [0.25, 0.3) is 0 Å². The monoisotopic (exact) mass is 252 g/mol. The second-order valence-corrected chi connectivity index (χ2v) is 4.05. The fourth-order valence-corrected chi connectivity index (χ4v) is 2.20. The molecule has 72 valence electrons. The van der Waals surface area contributed by atoms with Gasteiger partial charge in [-0.3, -0.25) is 0 Å². The van der Waals surface area contributed by atoms with Gasteiger partial charge in [0.15, 0.2) is 0 Å². The first-order valence-electron chi connectivity index (χ1n) is 4.35. The first kappa shape index (κ1) is 9.50. The van der Waals surface area contributed by atoms with Crippen LogP contribution in [0.2, 0.25) is 0 Å². The smallest absolute Gasteiger partial charge is 0.142 e. The highest BCUT2D eigenvalue weighted by Crippen LogP contribution is 2.38. The Morgan fingerprint density at radius 1 is 1.57 bits per heavy atom. The molecule has 0 aliphatic carbocycles. The molecule has 0 amide bonds. The molecule has 0 bridgehead atoms. The van der Waals surface area contributed by atoms with Crippen LogP contribution >= 0.6 is 15.9 Å². The van der Waals surface area contributed by atoms with Crippen LogP contribution in [0.25, 0.3) is 0 Å². The highest BCUT2D eigenvalue weighted by molar-refractivity contribution is 9.10. The summed E-state index contributed by atoms with van der Waals surface area (Å²) in [5.41, 5.74) is 7.42. The van der Waals surface area contributed by atoms with E-state index in [0.29, 0.717) is 17.9 Å². The minimum atomic E-state index is -0.0403. The van der Waals surface area contributed by atoms with Gasteiger partial charge in [-0.25, -0.2) is 0 Å². The molecule has 0 unspecified atom stereocenters. The number of fused-ring (bicyclic) bond motifs is 1. The van der Waals surface area contributed by atoms with Crippen LogP contribution in [-0.4, -0.2) is 6.61 Å². The molecule has 0 saturated heterocycles. The number of hydrogen-bond acceptors (Lipinski definition) is 3. The van der Waals surface area contributed by atoms with E-state index in [2.05, 4.69) is 22.0 Å². The van der Waals surface area contributed by atoms with E-state index in [0.717, 1.165) is 16.5 Å². The summed E-state index contributed by atoms with van der Waals surface area (Å²) in [6, 6.07) is 5.64. The predicted molar refractivity (Wildman–Crippen MR) is 55.9 cm³/mol. The molecule has 1 atom stereocenters. The van der Waals surface area contributed by atoms with Crippen molar-refractivity contribution in [3.05, 3.63) is 27.7 Å². The summed E-state index contributed by atoms with van der Waals surface area (Å²) in [6.07, 6.45) is 0.792. The normalized spacial score (nSPS) is 19.4. The fourth-order valence-electron chi connectivity index (χ4n) is 1.60. The van der Waals surface area contributed by atoms with Crippen molar-refractivity contribution in [1.29, 1.82) is 5.26 Å². The number of nitriles is 1. The van der Waals surface area contributed by atoms with Crippen molar-refractivity contribution >= 4 is 15.9 Å². The van der Waals surface area contributed by atoms with Crippen LogP contribution < -0.4 is 10.5 Å². The zero-order valence-corrected chi connectivity index (χ0v) is 9.04. The Morgan fingerprint density at radius 3 is 3.07 bits per heavy atom. The molecule has 0 fully saturated rings. The maximum absolute atomic E-state index is 8.88. The number of halogens is 1. The molecule has 0 aromatic heterocycles. The average molecular weight is 253 g/mol. The van der Waals surface area contributed by atoms with E-state index in [1.54, 1.807) is 6.07 Å². The lowest BCUT2D eigenvalue weighted by molar-refractivity contribution is 0.267. The zero-order chi connectivity index (χ0) is 10.1. The summed E-state index contributed by atoms with van der Waals surface area (Å²) in [5, 5.41) is 8.88. The van der Waals surface area contributed by atoms with Gasteiger partial charge in [0.05, 0.1) is 12.2 Å². The van der Waals surface area contributed by atoms with Crippen molar-refractivity contribution in [3.63, 3.8) is 0 Å². The molecule has 3 nitrogen and oxygen atoms in total. The van der Waals surface area contributed by atoms with E-state index in [9.17, 15) is 0 Å². The molecule has 0 spiro atoms. The van der Waals surface area contributed by atoms with E-state index >= 15 is 0 Å². The van der Waals surface area contributed by atoms with Gasteiger partial charge in [0, 0.05) is 22.5 Å². The first-order valence-corrected chi connectivity index (χ1v) is 5.14. The third-order valence-corrected chi connectivity index (χ3v) is 3.00. The van der Waals surface area contributed by atoms with E-state index in [4.69, 9.17) is 15.7 Å². The van der Waals surface area contributed by atoms with Crippen LogP contribution in [-0.2, 0) is 0 Å². The van der Waals surface area contributed by atoms with E-state index < -0.39 is 0 Å². The van der Waals surface area contributed by atoms with Gasteiger partial charge in [0.1, 0.15) is 11.8 Å². The Balaban J connectivity index is 2.65. The first-order chi connectivity index (χ1) is 6.74. The number of ether oxygens (including phenoxy) is 1. The highest BCUT2D eigenvalue weighted by Gasteiger charge is 2.23. The maximum atomic E-state index is 8.88. The summed E-state index contributed by atoms with van der Waals surface area (Å²) in [5.74, 6) is 0.639. The molecule has 1 aromatic carbocycles. The second-order valence-electron chi connectivity index (χ2n) is 3.19. The minimum Gasteiger partial charge on any atom is -0.492 e. The third-order valence-electron chi connectivity index (χ3n) is 2.31. The number of nitrogens with two attached hydrogens (primary N) is 1. The molecule has 1 aliphatic rings. The van der Waals surface area contributed by atoms with Gasteiger partial charge >= 0.3 is 0 Å². The molecule has 1 heterocycles. The second kappa shape index (κ2) is 3.60. The summed E-state index contributed by atoms with van der Waals surface area (Å²) in [4.78, 5) is 0. The van der Waals surface area contributed by atoms with Gasteiger partial charge in [-0.1, -0.05) is 15.9 Å². The largest absolute Gasteiger partial charge is 0.492 e. The van der Waals surface area contributed by atoms with Crippen LogP contribution in [0, 0.1) is 11.3 Å². The Bertz CT molecular complexity index is 411. The third kappa shape index (κ3) is 1.39. The molecular weight excluding hydrogens is 244 g/mol. The van der Waals surface area contributed by atoms with E-state index in [1.807, 2.05) is 6.07 Å². The molecule has 4 heteroatoms. The Morgan fingerprint density at radius 2 is 2.36 bits per heavy atom. The standard InChI is InChI=1S/C10H9BrN2O/c11-7-2-1-6(5-12)10-9(7)8(13)3-4-14-10/h1-2,8H,3-4,13H2/t8-/m0/s1. The number of hydrogen-bond donors (Lipinski definition) is 1. The van der Waals surface area contributed by atoms with Crippen molar-refractivity contribution < 1.29 is 4.74 Å². The molecule has 2 N–H and O–H groups in total. The molecule has 14 heavy (non-hydrogen) atoms. The molecular formula is C10H9BrN2O. The molecule has 0 saturated carbocycles. The molecule has 0 radical (unpaired) electrons. The lowest BCUT2D eigenvalue weighted by Gasteiger charge is -2.24. The number of rotatable bonds is 0. The Kier molecular flexibility index (Phi) is 2.44. The lowest BCUT2D eigenvalue weighted by Crippen LogP contribution is -2.21. The van der Waals surface area contributed by atoms with Crippen molar-refractivity contribution in [2.24, 2.45) is 5.73 Å². The molecule has 2 rings (SSSR count). The Hall–Kier alpha value is -1.05. The van der Waals surface area contributed by atoms with Gasteiger partial charge in [-0.05, 0) is 12.1 Å². The SMILES string of the molecule is N#Cc1ccc(Br)c2c1OCC[C@@H]2N. The number of nitrogens with zero attached hydrogens (tertiary/aromatic N) is 1. The van der Waals surface area contributed by atoms with Crippen LogP contribution in [0.15, 0.2) is 16.6 Å².